The fourth-order valence-corrected chi connectivity index (χ4v) is 4.88. The van der Waals surface area contributed by atoms with Crippen LogP contribution in [0.3, 0.4) is 0 Å². The second-order valence-electron chi connectivity index (χ2n) is 8.02. The van der Waals surface area contributed by atoms with E-state index >= 15 is 0 Å². The molecular weight excluding hydrogens is 328 g/mol. The normalized spacial score (nSPS) is 28.7. The Labute approximate surface area is 156 Å². The first-order chi connectivity index (χ1) is 12.7. The number of ether oxygens (including phenoxy) is 2. The highest BCUT2D eigenvalue weighted by molar-refractivity contribution is 5.48. The van der Waals surface area contributed by atoms with E-state index in [1.807, 2.05) is 6.92 Å². The number of aliphatic hydroxyl groups excluding tert-OH is 1. The van der Waals surface area contributed by atoms with Crippen LogP contribution in [0.2, 0.25) is 0 Å². The van der Waals surface area contributed by atoms with E-state index < -0.39 is 0 Å². The minimum atomic E-state index is 0.249. The number of nitrogens with zero attached hydrogens (tertiary/aromatic N) is 2. The number of aliphatic hydroxyl groups is 1. The van der Waals surface area contributed by atoms with E-state index in [9.17, 15) is 5.11 Å². The molecule has 3 heterocycles. The molecule has 2 fully saturated rings. The zero-order chi connectivity index (χ0) is 18.1. The highest BCUT2D eigenvalue weighted by Crippen LogP contribution is 2.37. The maximum atomic E-state index is 9.55. The standard InChI is InChI=1S/C21H32N2O3/c1-3-25-20-10-16-9-15(2)26-21(16)11-17(20)12-23-14-18-5-4-7-22(18)13-19(23)6-8-24/h10-11,15,18-19,24H,3-9,12-14H2,1-2H3/t15-,18-,19-/m0/s1. The van der Waals surface area contributed by atoms with Crippen LogP contribution in [-0.4, -0.2) is 65.9 Å². The minimum absolute atomic E-state index is 0.249. The monoisotopic (exact) mass is 360 g/mol. The first kappa shape index (κ1) is 18.1. The molecule has 1 aromatic rings. The van der Waals surface area contributed by atoms with Gasteiger partial charge in [0.2, 0.25) is 0 Å². The second-order valence-corrected chi connectivity index (χ2v) is 8.02. The van der Waals surface area contributed by atoms with Gasteiger partial charge in [-0.05, 0) is 51.8 Å². The maximum Gasteiger partial charge on any atom is 0.124 e. The van der Waals surface area contributed by atoms with E-state index in [4.69, 9.17) is 9.47 Å². The summed E-state index contributed by atoms with van der Waals surface area (Å²) < 4.78 is 12.0. The number of rotatable bonds is 6. The molecule has 2 saturated heterocycles. The van der Waals surface area contributed by atoms with Crippen molar-refractivity contribution >= 4 is 0 Å². The molecule has 1 N–H and O–H groups in total. The molecule has 3 aliphatic heterocycles. The van der Waals surface area contributed by atoms with Gasteiger partial charge in [-0.3, -0.25) is 9.80 Å². The topological polar surface area (TPSA) is 45.2 Å². The Kier molecular flexibility index (Phi) is 5.39. The molecule has 0 saturated carbocycles. The van der Waals surface area contributed by atoms with Crippen LogP contribution < -0.4 is 9.47 Å². The van der Waals surface area contributed by atoms with Gasteiger partial charge in [0, 0.05) is 55.9 Å². The lowest BCUT2D eigenvalue weighted by molar-refractivity contribution is 0.0328. The van der Waals surface area contributed by atoms with Gasteiger partial charge in [-0.2, -0.15) is 0 Å². The Hall–Kier alpha value is -1.30. The van der Waals surface area contributed by atoms with E-state index in [1.165, 1.54) is 30.5 Å². The molecule has 0 radical (unpaired) electrons. The molecule has 0 aliphatic carbocycles. The summed E-state index contributed by atoms with van der Waals surface area (Å²) in [7, 11) is 0. The third kappa shape index (κ3) is 3.57. The van der Waals surface area contributed by atoms with Crippen molar-refractivity contribution in [1.29, 1.82) is 0 Å². The highest BCUT2D eigenvalue weighted by Gasteiger charge is 2.36. The zero-order valence-electron chi connectivity index (χ0n) is 16.1. The molecule has 0 spiro atoms. The number of benzene rings is 1. The quantitative estimate of drug-likeness (QED) is 0.844. The van der Waals surface area contributed by atoms with Crippen molar-refractivity contribution in [2.24, 2.45) is 0 Å². The van der Waals surface area contributed by atoms with Crippen molar-refractivity contribution < 1.29 is 14.6 Å². The lowest BCUT2D eigenvalue weighted by Crippen LogP contribution is -2.55. The van der Waals surface area contributed by atoms with Crippen molar-refractivity contribution in [1.82, 2.24) is 9.80 Å². The van der Waals surface area contributed by atoms with Crippen LogP contribution in [0.25, 0.3) is 0 Å². The summed E-state index contributed by atoms with van der Waals surface area (Å²) in [5, 5.41) is 9.55. The van der Waals surface area contributed by atoms with Crippen molar-refractivity contribution in [3.8, 4) is 11.5 Å². The van der Waals surface area contributed by atoms with Crippen LogP contribution in [-0.2, 0) is 13.0 Å². The summed E-state index contributed by atoms with van der Waals surface area (Å²) >= 11 is 0. The largest absolute Gasteiger partial charge is 0.494 e. The summed E-state index contributed by atoms with van der Waals surface area (Å²) in [6.45, 7) is 9.35. The van der Waals surface area contributed by atoms with Crippen LogP contribution in [0.4, 0.5) is 0 Å². The predicted octanol–water partition coefficient (Wildman–Crippen LogP) is 2.44. The van der Waals surface area contributed by atoms with Crippen LogP contribution in [0, 0.1) is 0 Å². The smallest absolute Gasteiger partial charge is 0.124 e. The van der Waals surface area contributed by atoms with Gasteiger partial charge in [0.05, 0.1) is 6.61 Å². The Morgan fingerprint density at radius 1 is 1.31 bits per heavy atom. The lowest BCUT2D eigenvalue weighted by Gasteiger charge is -2.44. The molecule has 3 aliphatic rings. The third-order valence-corrected chi connectivity index (χ3v) is 6.12. The summed E-state index contributed by atoms with van der Waals surface area (Å²) in [4.78, 5) is 5.18. The van der Waals surface area contributed by atoms with Crippen molar-refractivity contribution in [3.63, 3.8) is 0 Å². The lowest BCUT2D eigenvalue weighted by atomic mass is 10.0. The van der Waals surface area contributed by atoms with Gasteiger partial charge in [0.1, 0.15) is 17.6 Å². The number of hydrogen-bond donors (Lipinski definition) is 1. The van der Waals surface area contributed by atoms with Gasteiger partial charge in [0.15, 0.2) is 0 Å². The molecule has 1 aromatic carbocycles. The van der Waals surface area contributed by atoms with Crippen molar-refractivity contribution in [2.75, 3.05) is 32.8 Å². The number of fused-ring (bicyclic) bond motifs is 2. The molecule has 0 bridgehead atoms. The van der Waals surface area contributed by atoms with Gasteiger partial charge < -0.3 is 14.6 Å². The molecule has 0 unspecified atom stereocenters. The molecule has 5 heteroatoms. The highest BCUT2D eigenvalue weighted by atomic mass is 16.5. The summed E-state index contributed by atoms with van der Waals surface area (Å²) in [5.74, 6) is 2.02. The van der Waals surface area contributed by atoms with Crippen LogP contribution in [0.1, 0.15) is 44.2 Å². The SMILES string of the molecule is CCOc1cc2c(cc1CN1C[C@@H]3CCCN3C[C@@H]1CCO)O[C@@H](C)C2. The molecule has 3 atom stereocenters. The van der Waals surface area contributed by atoms with E-state index in [0.717, 1.165) is 44.0 Å². The summed E-state index contributed by atoms with van der Waals surface area (Å²) in [6, 6.07) is 5.47. The molecule has 5 nitrogen and oxygen atoms in total. The summed E-state index contributed by atoms with van der Waals surface area (Å²) in [5.41, 5.74) is 2.48. The molecular formula is C21H32N2O3. The van der Waals surface area contributed by atoms with Gasteiger partial charge in [-0.15, -0.1) is 0 Å². The van der Waals surface area contributed by atoms with Gasteiger partial charge >= 0.3 is 0 Å². The van der Waals surface area contributed by atoms with Crippen LogP contribution in [0.5, 0.6) is 11.5 Å². The van der Waals surface area contributed by atoms with Gasteiger partial charge in [-0.25, -0.2) is 0 Å². The Morgan fingerprint density at radius 2 is 2.19 bits per heavy atom. The Balaban J connectivity index is 1.57. The van der Waals surface area contributed by atoms with Crippen molar-refractivity contribution in [2.45, 2.75) is 64.3 Å². The number of hydrogen-bond acceptors (Lipinski definition) is 5. The molecule has 0 amide bonds. The molecule has 0 aromatic heterocycles. The second kappa shape index (κ2) is 7.75. The average Bonchev–Trinajstić information content (AvgIpc) is 3.20. The van der Waals surface area contributed by atoms with Gasteiger partial charge in [-0.1, -0.05) is 0 Å². The predicted molar refractivity (Wildman–Crippen MR) is 102 cm³/mol. The summed E-state index contributed by atoms with van der Waals surface area (Å²) in [6.07, 6.45) is 4.65. The fourth-order valence-electron chi connectivity index (χ4n) is 4.88. The molecule has 4 rings (SSSR count). The fraction of sp³-hybridized carbons (Fsp3) is 0.714. The van der Waals surface area contributed by atoms with Gasteiger partial charge in [0.25, 0.3) is 0 Å². The number of piperazine rings is 1. The molecule has 144 valence electrons. The van der Waals surface area contributed by atoms with E-state index in [2.05, 4.69) is 28.9 Å². The van der Waals surface area contributed by atoms with Crippen molar-refractivity contribution in [3.05, 3.63) is 23.3 Å². The van der Waals surface area contributed by atoms with Crippen LogP contribution in [0.15, 0.2) is 12.1 Å². The minimum Gasteiger partial charge on any atom is -0.494 e. The maximum absolute atomic E-state index is 9.55. The van der Waals surface area contributed by atoms with E-state index in [-0.39, 0.29) is 12.7 Å². The zero-order valence-corrected chi connectivity index (χ0v) is 16.1. The molecule has 26 heavy (non-hydrogen) atoms. The van der Waals surface area contributed by atoms with E-state index in [0.29, 0.717) is 18.7 Å². The first-order valence-corrected chi connectivity index (χ1v) is 10.2. The van der Waals surface area contributed by atoms with Crippen LogP contribution >= 0.6 is 0 Å². The Bertz CT molecular complexity index is 636. The average molecular weight is 360 g/mol. The van der Waals surface area contributed by atoms with E-state index in [1.54, 1.807) is 0 Å². The third-order valence-electron chi connectivity index (χ3n) is 6.12. The first-order valence-electron chi connectivity index (χ1n) is 10.2. The Morgan fingerprint density at radius 3 is 3.00 bits per heavy atom.